The van der Waals surface area contributed by atoms with Gasteiger partial charge in [-0.25, -0.2) is 0 Å². The summed E-state index contributed by atoms with van der Waals surface area (Å²) in [6, 6.07) is 0.484. The molecule has 1 atom stereocenters. The summed E-state index contributed by atoms with van der Waals surface area (Å²) >= 11 is 0. The second-order valence-electron chi connectivity index (χ2n) is 7.98. The molecule has 0 aromatic rings. The Morgan fingerprint density at radius 3 is 2.56 bits per heavy atom. The Balaban J connectivity index is 2.27. The molecule has 1 rings (SSSR count). The molecule has 5 nitrogen and oxygen atoms in total. The van der Waals surface area contributed by atoms with E-state index in [2.05, 4.69) is 55.2 Å². The lowest BCUT2D eigenvalue weighted by Crippen LogP contribution is -2.42. The van der Waals surface area contributed by atoms with Gasteiger partial charge in [-0.1, -0.05) is 26.7 Å². The van der Waals surface area contributed by atoms with Crippen LogP contribution >= 0.6 is 0 Å². The molecule has 1 heterocycles. The van der Waals surface area contributed by atoms with Crippen LogP contribution in [0.2, 0.25) is 0 Å². The van der Waals surface area contributed by atoms with Crippen molar-refractivity contribution in [1.82, 2.24) is 20.4 Å². The van der Waals surface area contributed by atoms with Crippen LogP contribution in [0.5, 0.6) is 0 Å². The number of rotatable bonds is 10. The normalized spacial score (nSPS) is 19.0. The predicted molar refractivity (Wildman–Crippen MR) is 110 cm³/mol. The minimum Gasteiger partial charge on any atom is -0.357 e. The van der Waals surface area contributed by atoms with Crippen molar-refractivity contribution in [2.75, 3.05) is 52.9 Å². The third kappa shape index (κ3) is 11.4. The minimum absolute atomic E-state index is 0.484. The largest absolute Gasteiger partial charge is 0.357 e. The monoisotopic (exact) mass is 353 g/mol. The molecule has 0 aromatic heterocycles. The van der Waals surface area contributed by atoms with E-state index in [1.807, 2.05) is 0 Å². The first-order chi connectivity index (χ1) is 12.0. The van der Waals surface area contributed by atoms with Gasteiger partial charge in [0.1, 0.15) is 0 Å². The van der Waals surface area contributed by atoms with Crippen LogP contribution in [0, 0.1) is 5.92 Å². The molecular weight excluding hydrogens is 310 g/mol. The zero-order valence-corrected chi connectivity index (χ0v) is 17.5. The lowest BCUT2D eigenvalue weighted by Gasteiger charge is -2.20. The summed E-state index contributed by atoms with van der Waals surface area (Å²) in [7, 11) is 2.23. The smallest absolute Gasteiger partial charge is 0.191 e. The summed E-state index contributed by atoms with van der Waals surface area (Å²) < 4.78 is 0. The number of hydrogen-bond donors (Lipinski definition) is 2. The Hall–Kier alpha value is -0.810. The molecular formula is C20H43N5. The van der Waals surface area contributed by atoms with Crippen molar-refractivity contribution in [3.63, 3.8) is 0 Å². The summed E-state index contributed by atoms with van der Waals surface area (Å²) in [6.07, 6.45) is 6.24. The van der Waals surface area contributed by atoms with Gasteiger partial charge in [-0.3, -0.25) is 4.99 Å². The first-order valence-electron chi connectivity index (χ1n) is 10.5. The number of guanidine groups is 1. The van der Waals surface area contributed by atoms with Crippen LogP contribution in [0.4, 0.5) is 0 Å². The second kappa shape index (κ2) is 13.4. The zero-order chi connectivity index (χ0) is 18.5. The summed E-state index contributed by atoms with van der Waals surface area (Å²) in [4.78, 5) is 9.80. The first-order valence-corrected chi connectivity index (χ1v) is 10.5. The van der Waals surface area contributed by atoms with Gasteiger partial charge in [0.2, 0.25) is 0 Å². The van der Waals surface area contributed by atoms with Crippen molar-refractivity contribution < 1.29 is 0 Å². The van der Waals surface area contributed by atoms with Gasteiger partial charge in [-0.2, -0.15) is 0 Å². The van der Waals surface area contributed by atoms with Crippen LogP contribution in [0.15, 0.2) is 4.99 Å². The van der Waals surface area contributed by atoms with Gasteiger partial charge in [-0.15, -0.1) is 0 Å². The Morgan fingerprint density at radius 1 is 1.04 bits per heavy atom. The SMILES string of the molecule is CCNC(=NCCCN1CCCN(C)CC1)NC(C)CCCC(C)C. The van der Waals surface area contributed by atoms with E-state index in [1.165, 1.54) is 58.4 Å². The maximum Gasteiger partial charge on any atom is 0.191 e. The van der Waals surface area contributed by atoms with Crippen molar-refractivity contribution in [2.24, 2.45) is 10.9 Å². The van der Waals surface area contributed by atoms with Crippen LogP contribution in [0.3, 0.4) is 0 Å². The molecule has 1 aliphatic rings. The summed E-state index contributed by atoms with van der Waals surface area (Å²) in [5.41, 5.74) is 0. The number of likely N-dealkylation sites (N-methyl/N-ethyl adjacent to an activating group) is 1. The molecule has 5 heteroatoms. The van der Waals surface area contributed by atoms with Gasteiger partial charge in [0.05, 0.1) is 0 Å². The fourth-order valence-corrected chi connectivity index (χ4v) is 3.27. The van der Waals surface area contributed by atoms with Crippen LogP contribution in [0.1, 0.15) is 59.8 Å². The maximum atomic E-state index is 4.78. The van der Waals surface area contributed by atoms with E-state index in [0.717, 1.165) is 31.4 Å². The molecule has 0 aromatic carbocycles. The van der Waals surface area contributed by atoms with Crippen molar-refractivity contribution in [1.29, 1.82) is 0 Å². The average molecular weight is 354 g/mol. The number of nitrogens with one attached hydrogen (secondary N) is 2. The van der Waals surface area contributed by atoms with Gasteiger partial charge in [0.25, 0.3) is 0 Å². The van der Waals surface area contributed by atoms with E-state index in [-0.39, 0.29) is 0 Å². The molecule has 0 amide bonds. The topological polar surface area (TPSA) is 42.9 Å². The van der Waals surface area contributed by atoms with Crippen LogP contribution < -0.4 is 10.6 Å². The summed E-state index contributed by atoms with van der Waals surface area (Å²) in [5.74, 6) is 1.78. The van der Waals surface area contributed by atoms with Gasteiger partial charge in [0, 0.05) is 32.2 Å². The Bertz CT molecular complexity index is 356. The Morgan fingerprint density at radius 2 is 1.84 bits per heavy atom. The molecule has 0 saturated carbocycles. The second-order valence-corrected chi connectivity index (χ2v) is 7.98. The highest BCUT2D eigenvalue weighted by Crippen LogP contribution is 2.08. The van der Waals surface area contributed by atoms with Gasteiger partial charge >= 0.3 is 0 Å². The standard InChI is InChI=1S/C20H43N5/c1-6-21-20(23-19(4)11-7-10-18(2)3)22-12-8-14-25-15-9-13-24(5)16-17-25/h18-19H,6-17H2,1-5H3,(H2,21,22,23). The average Bonchev–Trinajstić information content (AvgIpc) is 2.75. The van der Waals surface area contributed by atoms with E-state index in [4.69, 9.17) is 4.99 Å². The quantitative estimate of drug-likeness (QED) is 0.360. The number of hydrogen-bond acceptors (Lipinski definition) is 3. The van der Waals surface area contributed by atoms with Crippen LogP contribution in [-0.2, 0) is 0 Å². The van der Waals surface area contributed by atoms with Gasteiger partial charge in [0.15, 0.2) is 5.96 Å². The molecule has 0 aliphatic carbocycles. The molecule has 2 N–H and O–H groups in total. The molecule has 1 saturated heterocycles. The van der Waals surface area contributed by atoms with E-state index in [9.17, 15) is 0 Å². The third-order valence-corrected chi connectivity index (χ3v) is 4.86. The first kappa shape index (κ1) is 22.2. The van der Waals surface area contributed by atoms with E-state index < -0.39 is 0 Å². The number of aliphatic imine (C=N–C) groups is 1. The third-order valence-electron chi connectivity index (χ3n) is 4.86. The molecule has 0 radical (unpaired) electrons. The summed E-state index contributed by atoms with van der Waals surface area (Å²) in [5, 5.41) is 6.95. The molecule has 1 unspecified atom stereocenters. The predicted octanol–water partition coefficient (Wildman–Crippen LogP) is 2.78. The minimum atomic E-state index is 0.484. The Labute approximate surface area is 156 Å². The number of nitrogens with zero attached hydrogens (tertiary/aromatic N) is 3. The molecule has 0 bridgehead atoms. The molecule has 25 heavy (non-hydrogen) atoms. The van der Waals surface area contributed by atoms with Crippen molar-refractivity contribution in [3.8, 4) is 0 Å². The summed E-state index contributed by atoms with van der Waals surface area (Å²) in [6.45, 7) is 16.8. The van der Waals surface area contributed by atoms with Gasteiger partial charge in [-0.05, 0) is 65.7 Å². The lowest BCUT2D eigenvalue weighted by molar-refractivity contribution is 0.275. The van der Waals surface area contributed by atoms with E-state index in [1.54, 1.807) is 0 Å². The van der Waals surface area contributed by atoms with E-state index >= 15 is 0 Å². The van der Waals surface area contributed by atoms with Crippen molar-refractivity contribution in [3.05, 3.63) is 0 Å². The fourth-order valence-electron chi connectivity index (χ4n) is 3.27. The van der Waals surface area contributed by atoms with Crippen molar-refractivity contribution in [2.45, 2.75) is 65.8 Å². The van der Waals surface area contributed by atoms with Crippen molar-refractivity contribution >= 4 is 5.96 Å². The highest BCUT2D eigenvalue weighted by Gasteiger charge is 2.11. The Kier molecular flexibility index (Phi) is 11.9. The van der Waals surface area contributed by atoms with Crippen LogP contribution in [-0.4, -0.2) is 74.7 Å². The lowest BCUT2D eigenvalue weighted by atomic mass is 10.0. The highest BCUT2D eigenvalue weighted by atomic mass is 15.2. The van der Waals surface area contributed by atoms with E-state index in [0.29, 0.717) is 6.04 Å². The molecule has 0 spiro atoms. The highest BCUT2D eigenvalue weighted by molar-refractivity contribution is 5.80. The van der Waals surface area contributed by atoms with Gasteiger partial charge < -0.3 is 20.4 Å². The van der Waals surface area contributed by atoms with Crippen LogP contribution in [0.25, 0.3) is 0 Å². The maximum absolute atomic E-state index is 4.78. The molecule has 1 fully saturated rings. The zero-order valence-electron chi connectivity index (χ0n) is 17.5. The fraction of sp³-hybridized carbons (Fsp3) is 0.950. The molecule has 148 valence electrons. The molecule has 1 aliphatic heterocycles.